The fourth-order valence-electron chi connectivity index (χ4n) is 1.11. The van der Waals surface area contributed by atoms with E-state index in [-0.39, 0.29) is 0 Å². The Kier molecular flexibility index (Phi) is 2.45. The minimum atomic E-state index is -0.493. The zero-order valence-corrected chi connectivity index (χ0v) is 7.13. The summed E-state index contributed by atoms with van der Waals surface area (Å²) in [6.45, 7) is 3.81. The van der Waals surface area contributed by atoms with Gasteiger partial charge in [0.15, 0.2) is 0 Å². The van der Waals surface area contributed by atoms with Crippen LogP contribution in [0, 0.1) is 13.8 Å². The fourth-order valence-corrected chi connectivity index (χ4v) is 1.11. The maximum Gasteiger partial charge on any atom is 0.356 e. The molecule has 0 bridgehead atoms. The van der Waals surface area contributed by atoms with Gasteiger partial charge >= 0.3 is 5.97 Å². The van der Waals surface area contributed by atoms with Gasteiger partial charge in [0.05, 0.1) is 5.56 Å². The minimum absolute atomic E-state index is 0.493. The monoisotopic (exact) mass is 165 g/mol. The molecule has 0 fully saturated rings. The largest absolute Gasteiger partial charge is 0.370 e. The van der Waals surface area contributed by atoms with Crippen molar-refractivity contribution in [1.29, 1.82) is 0 Å². The SMILES string of the molecule is Cc1ccc(C(=O)ON)c(C)c1. The van der Waals surface area contributed by atoms with Crippen LogP contribution < -0.4 is 5.90 Å². The van der Waals surface area contributed by atoms with Crippen LogP contribution >= 0.6 is 0 Å². The van der Waals surface area contributed by atoms with Crippen molar-refractivity contribution in [1.82, 2.24) is 0 Å². The van der Waals surface area contributed by atoms with Crippen LogP contribution in [0.2, 0.25) is 0 Å². The molecule has 0 unspecified atom stereocenters. The van der Waals surface area contributed by atoms with E-state index in [0.29, 0.717) is 5.56 Å². The average Bonchev–Trinajstić information content (AvgIpc) is 2.03. The molecule has 0 saturated carbocycles. The Hall–Kier alpha value is -1.35. The summed E-state index contributed by atoms with van der Waals surface area (Å²) in [5.41, 5.74) is 2.51. The van der Waals surface area contributed by atoms with Gasteiger partial charge < -0.3 is 4.84 Å². The van der Waals surface area contributed by atoms with Crippen LogP contribution in [0.15, 0.2) is 18.2 Å². The van der Waals surface area contributed by atoms with E-state index >= 15 is 0 Å². The summed E-state index contributed by atoms with van der Waals surface area (Å²) >= 11 is 0. The first-order valence-corrected chi connectivity index (χ1v) is 3.63. The van der Waals surface area contributed by atoms with Gasteiger partial charge in [-0.25, -0.2) is 4.79 Å². The molecule has 0 aliphatic carbocycles. The lowest BCUT2D eigenvalue weighted by Gasteiger charge is -2.02. The van der Waals surface area contributed by atoms with Crippen molar-refractivity contribution in [3.8, 4) is 0 Å². The van der Waals surface area contributed by atoms with Crippen LogP contribution in [0.5, 0.6) is 0 Å². The predicted octanol–water partition coefficient (Wildman–Crippen LogP) is 1.33. The first-order chi connectivity index (χ1) is 5.65. The van der Waals surface area contributed by atoms with E-state index in [4.69, 9.17) is 5.90 Å². The number of hydrogen-bond donors (Lipinski definition) is 1. The third kappa shape index (κ3) is 1.62. The quantitative estimate of drug-likeness (QED) is 0.639. The zero-order valence-electron chi connectivity index (χ0n) is 7.13. The first kappa shape index (κ1) is 8.74. The molecule has 0 atom stereocenters. The van der Waals surface area contributed by atoms with Crippen molar-refractivity contribution >= 4 is 5.97 Å². The van der Waals surface area contributed by atoms with Crippen LogP contribution in [-0.4, -0.2) is 5.97 Å². The standard InChI is InChI=1S/C9H11NO2/c1-6-3-4-8(7(2)5-6)9(11)12-10/h3-5H,10H2,1-2H3. The van der Waals surface area contributed by atoms with Crippen molar-refractivity contribution in [2.24, 2.45) is 5.90 Å². The highest BCUT2D eigenvalue weighted by Crippen LogP contribution is 2.10. The molecule has 0 amide bonds. The van der Waals surface area contributed by atoms with Gasteiger partial charge in [-0.15, -0.1) is 0 Å². The van der Waals surface area contributed by atoms with Crippen LogP contribution in [0.4, 0.5) is 0 Å². The molecule has 0 spiro atoms. The van der Waals surface area contributed by atoms with Crippen molar-refractivity contribution in [2.75, 3.05) is 0 Å². The molecule has 0 aromatic heterocycles. The minimum Gasteiger partial charge on any atom is -0.370 e. The van der Waals surface area contributed by atoms with Crippen molar-refractivity contribution in [3.63, 3.8) is 0 Å². The molecule has 3 nitrogen and oxygen atoms in total. The lowest BCUT2D eigenvalue weighted by Crippen LogP contribution is -2.11. The van der Waals surface area contributed by atoms with E-state index in [1.165, 1.54) is 0 Å². The van der Waals surface area contributed by atoms with Crippen LogP contribution in [0.1, 0.15) is 21.5 Å². The number of rotatable bonds is 1. The summed E-state index contributed by atoms with van der Waals surface area (Å²) in [5.74, 6) is 4.27. The number of benzene rings is 1. The summed E-state index contributed by atoms with van der Waals surface area (Å²) in [5, 5.41) is 0. The van der Waals surface area contributed by atoms with E-state index in [1.807, 2.05) is 26.0 Å². The summed E-state index contributed by atoms with van der Waals surface area (Å²) in [6.07, 6.45) is 0. The number of carbonyl (C=O) groups is 1. The van der Waals surface area contributed by atoms with E-state index in [1.54, 1.807) is 6.07 Å². The van der Waals surface area contributed by atoms with E-state index < -0.39 is 5.97 Å². The molecular weight excluding hydrogens is 154 g/mol. The maximum absolute atomic E-state index is 11.0. The number of aryl methyl sites for hydroxylation is 2. The summed E-state index contributed by atoms with van der Waals surface area (Å²) in [7, 11) is 0. The Bertz CT molecular complexity index is 307. The maximum atomic E-state index is 11.0. The van der Waals surface area contributed by atoms with Crippen molar-refractivity contribution in [2.45, 2.75) is 13.8 Å². The molecule has 1 rings (SSSR count). The van der Waals surface area contributed by atoms with Gasteiger partial charge in [-0.1, -0.05) is 17.7 Å². The van der Waals surface area contributed by atoms with Crippen molar-refractivity contribution in [3.05, 3.63) is 34.9 Å². The van der Waals surface area contributed by atoms with Gasteiger partial charge in [-0.3, -0.25) is 0 Å². The van der Waals surface area contributed by atoms with E-state index in [0.717, 1.165) is 11.1 Å². The smallest absolute Gasteiger partial charge is 0.356 e. The predicted molar refractivity (Wildman–Crippen MR) is 45.5 cm³/mol. The van der Waals surface area contributed by atoms with E-state index in [2.05, 4.69) is 4.84 Å². The van der Waals surface area contributed by atoms with Crippen LogP contribution in [0.25, 0.3) is 0 Å². The Morgan fingerprint density at radius 1 is 1.42 bits per heavy atom. The summed E-state index contributed by atoms with van der Waals surface area (Å²) in [4.78, 5) is 15.1. The van der Waals surface area contributed by atoms with E-state index in [9.17, 15) is 4.79 Å². The second kappa shape index (κ2) is 3.36. The van der Waals surface area contributed by atoms with Crippen molar-refractivity contribution < 1.29 is 9.63 Å². The molecule has 0 heterocycles. The summed E-state index contributed by atoms with van der Waals surface area (Å²) in [6, 6.07) is 5.46. The molecular formula is C9H11NO2. The number of carbonyl (C=O) groups excluding carboxylic acids is 1. The third-order valence-corrected chi connectivity index (χ3v) is 1.71. The molecule has 0 radical (unpaired) electrons. The van der Waals surface area contributed by atoms with Gasteiger partial charge in [-0.05, 0) is 25.5 Å². The van der Waals surface area contributed by atoms with Gasteiger partial charge in [-0.2, -0.15) is 5.90 Å². The van der Waals surface area contributed by atoms with Gasteiger partial charge in [0.1, 0.15) is 0 Å². The molecule has 3 heteroatoms. The molecule has 2 N–H and O–H groups in total. The molecule has 64 valence electrons. The molecule has 1 aromatic rings. The second-order valence-electron chi connectivity index (χ2n) is 2.72. The summed E-state index contributed by atoms with van der Waals surface area (Å²) < 4.78 is 0. The van der Waals surface area contributed by atoms with Crippen LogP contribution in [0.3, 0.4) is 0 Å². The Morgan fingerprint density at radius 3 is 2.58 bits per heavy atom. The zero-order chi connectivity index (χ0) is 9.14. The highest BCUT2D eigenvalue weighted by atomic mass is 16.7. The lowest BCUT2D eigenvalue weighted by molar-refractivity contribution is 0.0502. The normalized spacial score (nSPS) is 9.58. The van der Waals surface area contributed by atoms with Gasteiger partial charge in [0.2, 0.25) is 0 Å². The highest BCUT2D eigenvalue weighted by Gasteiger charge is 2.08. The fraction of sp³-hybridized carbons (Fsp3) is 0.222. The molecule has 1 aromatic carbocycles. The Labute approximate surface area is 71.1 Å². The van der Waals surface area contributed by atoms with Gasteiger partial charge in [0, 0.05) is 0 Å². The molecule has 0 saturated heterocycles. The number of hydrogen-bond acceptors (Lipinski definition) is 3. The molecule has 0 aliphatic rings. The highest BCUT2D eigenvalue weighted by molar-refractivity contribution is 5.90. The average molecular weight is 165 g/mol. The Balaban J connectivity index is 3.09. The lowest BCUT2D eigenvalue weighted by atomic mass is 10.1. The Morgan fingerprint density at radius 2 is 2.08 bits per heavy atom. The molecule has 12 heavy (non-hydrogen) atoms. The van der Waals surface area contributed by atoms with Gasteiger partial charge in [0.25, 0.3) is 0 Å². The molecule has 0 aliphatic heterocycles. The number of nitrogens with two attached hydrogens (primary N) is 1. The first-order valence-electron chi connectivity index (χ1n) is 3.63. The third-order valence-electron chi connectivity index (χ3n) is 1.71. The van der Waals surface area contributed by atoms with Crippen LogP contribution in [-0.2, 0) is 4.84 Å². The second-order valence-corrected chi connectivity index (χ2v) is 2.72. The topological polar surface area (TPSA) is 52.3 Å².